The number of hydrogen-bond donors (Lipinski definition) is 1. The number of rotatable bonds is 3. The van der Waals surface area contributed by atoms with Crippen molar-refractivity contribution < 1.29 is 9.53 Å². The quantitative estimate of drug-likeness (QED) is 0.686. The molecule has 1 rings (SSSR count). The predicted octanol–water partition coefficient (Wildman–Crippen LogP) is 2.52. The van der Waals surface area contributed by atoms with Crippen molar-refractivity contribution in [1.82, 2.24) is 0 Å². The number of nitrogens with two attached hydrogens (primary N) is 1. The number of halogens is 2. The Morgan fingerprint density at radius 1 is 1.64 bits per heavy atom. The molecule has 0 aromatic heterocycles. The molecule has 14 heavy (non-hydrogen) atoms. The number of alkyl halides is 1. The molecular weight excluding hydrogens is 316 g/mol. The van der Waals surface area contributed by atoms with Crippen LogP contribution in [0.4, 0.5) is 0 Å². The monoisotopic (exact) mass is 325 g/mol. The Morgan fingerprint density at radius 2 is 2.29 bits per heavy atom. The summed E-state index contributed by atoms with van der Waals surface area (Å²) in [5.74, 6) is -0.499. The molecule has 0 spiro atoms. The smallest absolute Gasteiger partial charge is 0.249 e. The van der Waals surface area contributed by atoms with Crippen LogP contribution < -0.4 is 5.73 Å². The number of amides is 1. The third-order valence-corrected chi connectivity index (χ3v) is 3.15. The fourth-order valence-electron chi connectivity index (χ4n) is 1.07. The average molecular weight is 326 g/mol. The SMILES string of the molecule is COC(I)c1ccc(Cl)cc1C(N)=O. The predicted molar refractivity (Wildman–Crippen MR) is 63.7 cm³/mol. The van der Waals surface area contributed by atoms with Gasteiger partial charge in [-0.3, -0.25) is 4.79 Å². The van der Waals surface area contributed by atoms with Gasteiger partial charge in [0, 0.05) is 23.3 Å². The zero-order chi connectivity index (χ0) is 10.7. The molecule has 1 amide bonds. The maximum Gasteiger partial charge on any atom is 0.249 e. The van der Waals surface area contributed by atoms with Crippen molar-refractivity contribution in [2.75, 3.05) is 7.11 Å². The normalized spacial score (nSPS) is 12.5. The van der Waals surface area contributed by atoms with Crippen LogP contribution in [0.5, 0.6) is 0 Å². The van der Waals surface area contributed by atoms with Crippen LogP contribution in [0.25, 0.3) is 0 Å². The molecule has 0 aliphatic heterocycles. The zero-order valence-corrected chi connectivity index (χ0v) is 10.4. The number of hydrogen-bond acceptors (Lipinski definition) is 2. The molecule has 76 valence electrons. The number of ether oxygens (including phenoxy) is 1. The summed E-state index contributed by atoms with van der Waals surface area (Å²) in [5.41, 5.74) is 6.36. The van der Waals surface area contributed by atoms with Gasteiger partial charge in [-0.2, -0.15) is 0 Å². The summed E-state index contributed by atoms with van der Waals surface area (Å²) in [6.07, 6.45) is 0. The van der Waals surface area contributed by atoms with Crippen molar-refractivity contribution in [1.29, 1.82) is 0 Å². The van der Waals surface area contributed by atoms with Gasteiger partial charge in [-0.15, -0.1) is 0 Å². The zero-order valence-electron chi connectivity index (χ0n) is 7.46. The van der Waals surface area contributed by atoms with Crippen molar-refractivity contribution in [3.8, 4) is 0 Å². The van der Waals surface area contributed by atoms with Gasteiger partial charge in [-0.1, -0.05) is 17.7 Å². The van der Waals surface area contributed by atoms with E-state index in [-0.39, 0.29) is 4.11 Å². The first kappa shape index (κ1) is 11.7. The van der Waals surface area contributed by atoms with Crippen LogP contribution in [-0.2, 0) is 4.74 Å². The number of methoxy groups -OCH3 is 1. The van der Waals surface area contributed by atoms with E-state index in [9.17, 15) is 4.79 Å². The summed E-state index contributed by atoms with van der Waals surface area (Å²) in [4.78, 5) is 11.1. The highest BCUT2D eigenvalue weighted by molar-refractivity contribution is 14.1. The lowest BCUT2D eigenvalue weighted by atomic mass is 10.1. The Hall–Kier alpha value is -0.330. The van der Waals surface area contributed by atoms with Crippen molar-refractivity contribution in [3.63, 3.8) is 0 Å². The third-order valence-electron chi connectivity index (χ3n) is 1.73. The van der Waals surface area contributed by atoms with Gasteiger partial charge in [0.1, 0.15) is 4.11 Å². The van der Waals surface area contributed by atoms with Gasteiger partial charge >= 0.3 is 0 Å². The number of carbonyl (C=O) groups excluding carboxylic acids is 1. The molecule has 0 saturated carbocycles. The standard InChI is InChI=1S/C9H9ClINO2/c1-14-8(11)6-3-2-5(10)4-7(6)9(12)13/h2-4,8H,1H3,(H2,12,13). The topological polar surface area (TPSA) is 52.3 Å². The van der Waals surface area contributed by atoms with Crippen molar-refractivity contribution in [2.24, 2.45) is 5.73 Å². The maximum atomic E-state index is 11.1. The first-order chi connectivity index (χ1) is 6.56. The lowest BCUT2D eigenvalue weighted by Gasteiger charge is -2.11. The van der Waals surface area contributed by atoms with Gasteiger partial charge in [0.25, 0.3) is 0 Å². The number of primary amides is 1. The molecule has 3 nitrogen and oxygen atoms in total. The van der Waals surface area contributed by atoms with Gasteiger partial charge < -0.3 is 10.5 Å². The van der Waals surface area contributed by atoms with Crippen LogP contribution in [0.15, 0.2) is 18.2 Å². The minimum absolute atomic E-state index is 0.202. The summed E-state index contributed by atoms with van der Waals surface area (Å²) < 4.78 is 4.90. The van der Waals surface area contributed by atoms with Gasteiger partial charge in [0.15, 0.2) is 0 Å². The van der Waals surface area contributed by atoms with Gasteiger partial charge in [0.05, 0.1) is 0 Å². The van der Waals surface area contributed by atoms with Gasteiger partial charge in [-0.25, -0.2) is 0 Å². The van der Waals surface area contributed by atoms with E-state index in [2.05, 4.69) is 22.6 Å². The Kier molecular flexibility index (Phi) is 4.15. The van der Waals surface area contributed by atoms with E-state index in [1.54, 1.807) is 25.3 Å². The van der Waals surface area contributed by atoms with E-state index in [1.165, 1.54) is 0 Å². The second kappa shape index (κ2) is 4.95. The fraction of sp³-hybridized carbons (Fsp3) is 0.222. The molecule has 0 bridgehead atoms. The second-order valence-corrected chi connectivity index (χ2v) is 4.22. The molecule has 0 radical (unpaired) electrons. The molecule has 0 saturated heterocycles. The molecule has 0 aliphatic carbocycles. The fourth-order valence-corrected chi connectivity index (χ4v) is 1.78. The molecule has 2 N–H and O–H groups in total. The summed E-state index contributed by atoms with van der Waals surface area (Å²) in [7, 11) is 1.57. The first-order valence-electron chi connectivity index (χ1n) is 3.82. The molecule has 1 atom stereocenters. The average Bonchev–Trinajstić information content (AvgIpc) is 2.16. The molecular formula is C9H9ClINO2. The summed E-state index contributed by atoms with van der Waals surface area (Å²) in [6.45, 7) is 0. The molecule has 0 heterocycles. The first-order valence-corrected chi connectivity index (χ1v) is 5.44. The van der Waals surface area contributed by atoms with Gasteiger partial charge in [0.2, 0.25) is 5.91 Å². The lowest BCUT2D eigenvalue weighted by Crippen LogP contribution is -2.14. The molecule has 5 heteroatoms. The van der Waals surface area contributed by atoms with Crippen molar-refractivity contribution in [2.45, 2.75) is 4.11 Å². The molecule has 1 aromatic carbocycles. The van der Waals surface area contributed by atoms with E-state index in [0.717, 1.165) is 5.56 Å². The van der Waals surface area contributed by atoms with E-state index in [0.29, 0.717) is 10.6 Å². The van der Waals surface area contributed by atoms with Crippen LogP contribution in [0.2, 0.25) is 5.02 Å². The summed E-state index contributed by atoms with van der Waals surface area (Å²) >= 11 is 7.83. The van der Waals surface area contributed by atoms with Crippen LogP contribution >= 0.6 is 34.2 Å². The van der Waals surface area contributed by atoms with Crippen LogP contribution in [0, 0.1) is 0 Å². The Balaban J connectivity index is 3.21. The summed E-state index contributed by atoms with van der Waals surface area (Å²) in [6, 6.07) is 4.99. The minimum atomic E-state index is -0.499. The Morgan fingerprint density at radius 3 is 2.79 bits per heavy atom. The number of carbonyl (C=O) groups is 1. The van der Waals surface area contributed by atoms with Crippen LogP contribution in [-0.4, -0.2) is 13.0 Å². The highest BCUT2D eigenvalue weighted by Crippen LogP contribution is 2.28. The maximum absolute atomic E-state index is 11.1. The molecule has 0 fully saturated rings. The van der Waals surface area contributed by atoms with E-state index >= 15 is 0 Å². The van der Waals surface area contributed by atoms with Crippen LogP contribution in [0.3, 0.4) is 0 Å². The molecule has 1 aromatic rings. The largest absolute Gasteiger partial charge is 0.366 e. The van der Waals surface area contributed by atoms with Crippen molar-refractivity contribution in [3.05, 3.63) is 34.3 Å². The summed E-state index contributed by atoms with van der Waals surface area (Å²) in [5, 5.41) is 0.488. The Bertz CT molecular complexity index is 357. The molecule has 1 unspecified atom stereocenters. The Labute approximate surface area is 101 Å². The third kappa shape index (κ3) is 2.59. The van der Waals surface area contributed by atoms with E-state index < -0.39 is 5.91 Å². The van der Waals surface area contributed by atoms with Crippen LogP contribution in [0.1, 0.15) is 20.0 Å². The second-order valence-electron chi connectivity index (χ2n) is 2.65. The van der Waals surface area contributed by atoms with E-state index in [4.69, 9.17) is 22.1 Å². The highest BCUT2D eigenvalue weighted by Gasteiger charge is 2.15. The number of benzene rings is 1. The molecule has 0 aliphatic rings. The minimum Gasteiger partial charge on any atom is -0.366 e. The van der Waals surface area contributed by atoms with E-state index in [1.807, 2.05) is 0 Å². The lowest BCUT2D eigenvalue weighted by molar-refractivity contribution is 0.0995. The van der Waals surface area contributed by atoms with Gasteiger partial charge in [-0.05, 0) is 34.7 Å². The highest BCUT2D eigenvalue weighted by atomic mass is 127. The van der Waals surface area contributed by atoms with Crippen molar-refractivity contribution >= 4 is 40.1 Å².